The summed E-state index contributed by atoms with van der Waals surface area (Å²) in [5.74, 6) is 0. The maximum absolute atomic E-state index is 10.5. The van der Waals surface area contributed by atoms with E-state index in [0.29, 0.717) is 5.69 Å². The summed E-state index contributed by atoms with van der Waals surface area (Å²) in [6, 6.07) is 1.22. The fourth-order valence-corrected chi connectivity index (χ4v) is 0.513. The van der Waals surface area contributed by atoms with Gasteiger partial charge in [-0.2, -0.15) is 0 Å². The summed E-state index contributed by atoms with van der Waals surface area (Å²) in [7, 11) is 0. The lowest BCUT2D eigenvalue weighted by atomic mass is 10.4. The van der Waals surface area contributed by atoms with Crippen LogP contribution in [0.1, 0.15) is 5.69 Å². The van der Waals surface area contributed by atoms with Gasteiger partial charge in [-0.3, -0.25) is 4.79 Å². The maximum Gasteiger partial charge on any atom is 0.251 e. The first kappa shape index (κ1) is 6.47. The minimum Gasteiger partial charge on any atom is -0.411 e. The van der Waals surface area contributed by atoms with Gasteiger partial charge in [0, 0.05) is 6.07 Å². The van der Waals surface area contributed by atoms with Gasteiger partial charge in [0.05, 0.1) is 18.2 Å². The summed E-state index contributed by atoms with van der Waals surface area (Å²) < 4.78 is 0. The molecule has 0 saturated heterocycles. The Balaban J connectivity index is 3.07. The SMILES string of the molecule is O=c1cc(/C=N/O)nc[nH]1. The zero-order valence-corrected chi connectivity index (χ0v) is 4.98. The van der Waals surface area contributed by atoms with Crippen LogP contribution in [0.15, 0.2) is 22.3 Å². The number of aromatic nitrogens is 2. The Bertz CT molecular complexity index is 291. The summed E-state index contributed by atoms with van der Waals surface area (Å²) in [5, 5.41) is 10.7. The molecular weight excluding hydrogens is 134 g/mol. The fraction of sp³-hybridized carbons (Fsp3) is 0. The van der Waals surface area contributed by atoms with Gasteiger partial charge in [-0.1, -0.05) is 5.16 Å². The van der Waals surface area contributed by atoms with Crippen LogP contribution < -0.4 is 5.56 Å². The second kappa shape index (κ2) is 2.77. The first-order valence-corrected chi connectivity index (χ1v) is 2.55. The van der Waals surface area contributed by atoms with Crippen molar-refractivity contribution >= 4 is 6.21 Å². The smallest absolute Gasteiger partial charge is 0.251 e. The van der Waals surface area contributed by atoms with E-state index >= 15 is 0 Å². The van der Waals surface area contributed by atoms with Crippen molar-refractivity contribution in [1.29, 1.82) is 0 Å². The minimum absolute atomic E-state index is 0.273. The maximum atomic E-state index is 10.5. The molecule has 0 spiro atoms. The number of hydrogen-bond donors (Lipinski definition) is 2. The lowest BCUT2D eigenvalue weighted by Gasteiger charge is -1.85. The standard InChI is InChI=1S/C5H5N3O2/c9-5-1-4(2-8-10)6-3-7-5/h1-3,10H,(H,6,7,9)/b8-2+. The van der Waals surface area contributed by atoms with E-state index < -0.39 is 0 Å². The molecule has 1 heterocycles. The van der Waals surface area contributed by atoms with Crippen LogP contribution >= 0.6 is 0 Å². The third-order valence-corrected chi connectivity index (χ3v) is 0.889. The highest BCUT2D eigenvalue weighted by atomic mass is 16.4. The molecule has 1 aromatic heterocycles. The number of oxime groups is 1. The summed E-state index contributed by atoms with van der Waals surface area (Å²) in [5.41, 5.74) is 0.0520. The molecule has 1 aromatic rings. The molecule has 5 nitrogen and oxygen atoms in total. The van der Waals surface area contributed by atoms with E-state index in [4.69, 9.17) is 5.21 Å². The minimum atomic E-state index is -0.273. The van der Waals surface area contributed by atoms with Crippen molar-refractivity contribution in [2.45, 2.75) is 0 Å². The lowest BCUT2D eigenvalue weighted by Crippen LogP contribution is -2.05. The van der Waals surface area contributed by atoms with Crippen LogP contribution in [-0.2, 0) is 0 Å². The Hall–Kier alpha value is -1.65. The third-order valence-electron chi connectivity index (χ3n) is 0.889. The molecule has 2 N–H and O–H groups in total. The highest BCUT2D eigenvalue weighted by Gasteiger charge is 1.87. The van der Waals surface area contributed by atoms with Crippen LogP contribution in [0.2, 0.25) is 0 Å². The average Bonchev–Trinajstić information content (AvgIpc) is 1.88. The Labute approximate surface area is 56.0 Å². The van der Waals surface area contributed by atoms with Crippen molar-refractivity contribution in [1.82, 2.24) is 9.97 Å². The number of rotatable bonds is 1. The van der Waals surface area contributed by atoms with Crippen LogP contribution in [0.5, 0.6) is 0 Å². The highest BCUT2D eigenvalue weighted by molar-refractivity contribution is 5.75. The summed E-state index contributed by atoms with van der Waals surface area (Å²) in [6.45, 7) is 0. The van der Waals surface area contributed by atoms with E-state index in [9.17, 15) is 4.79 Å². The van der Waals surface area contributed by atoms with E-state index in [2.05, 4.69) is 15.1 Å². The first-order valence-electron chi connectivity index (χ1n) is 2.55. The zero-order chi connectivity index (χ0) is 7.40. The van der Waals surface area contributed by atoms with E-state index in [-0.39, 0.29) is 5.56 Å². The van der Waals surface area contributed by atoms with Crippen LogP contribution in [0.4, 0.5) is 0 Å². The molecule has 5 heteroatoms. The highest BCUT2D eigenvalue weighted by Crippen LogP contribution is 1.78. The van der Waals surface area contributed by atoms with Gasteiger partial charge in [-0.25, -0.2) is 4.98 Å². The molecule has 0 fully saturated rings. The second-order valence-corrected chi connectivity index (χ2v) is 1.58. The van der Waals surface area contributed by atoms with Crippen LogP contribution in [0.25, 0.3) is 0 Å². The molecule has 0 aliphatic rings. The Morgan fingerprint density at radius 3 is 3.20 bits per heavy atom. The summed E-state index contributed by atoms with van der Waals surface area (Å²) in [6.07, 6.45) is 2.31. The van der Waals surface area contributed by atoms with Gasteiger partial charge in [0.1, 0.15) is 0 Å². The van der Waals surface area contributed by atoms with Crippen molar-refractivity contribution in [3.63, 3.8) is 0 Å². The van der Waals surface area contributed by atoms with Gasteiger partial charge in [0.25, 0.3) is 5.56 Å². The fourth-order valence-electron chi connectivity index (χ4n) is 0.513. The van der Waals surface area contributed by atoms with Gasteiger partial charge in [-0.05, 0) is 0 Å². The average molecular weight is 139 g/mol. The third kappa shape index (κ3) is 1.41. The molecule has 52 valence electrons. The van der Waals surface area contributed by atoms with E-state index in [1.54, 1.807) is 0 Å². The van der Waals surface area contributed by atoms with Gasteiger partial charge in [-0.15, -0.1) is 0 Å². The second-order valence-electron chi connectivity index (χ2n) is 1.58. The van der Waals surface area contributed by atoms with Crippen LogP contribution in [-0.4, -0.2) is 21.4 Å². The normalized spacial score (nSPS) is 10.4. The van der Waals surface area contributed by atoms with E-state index in [1.807, 2.05) is 0 Å². The largest absolute Gasteiger partial charge is 0.411 e. The van der Waals surface area contributed by atoms with Gasteiger partial charge in [0.2, 0.25) is 0 Å². The number of nitrogens with one attached hydrogen (secondary N) is 1. The molecule has 0 atom stereocenters. The Kier molecular flexibility index (Phi) is 1.79. The quantitative estimate of drug-likeness (QED) is 0.315. The number of H-pyrrole nitrogens is 1. The van der Waals surface area contributed by atoms with Gasteiger partial charge in [0.15, 0.2) is 0 Å². The molecular formula is C5H5N3O2. The van der Waals surface area contributed by atoms with Crippen molar-refractivity contribution in [3.8, 4) is 0 Å². The topological polar surface area (TPSA) is 78.3 Å². The lowest BCUT2D eigenvalue weighted by molar-refractivity contribution is 0.321. The zero-order valence-electron chi connectivity index (χ0n) is 4.98. The predicted octanol–water partition coefficient (Wildman–Crippen LogP) is -0.422. The van der Waals surface area contributed by atoms with Crippen molar-refractivity contribution in [2.24, 2.45) is 5.16 Å². The van der Waals surface area contributed by atoms with E-state index in [1.165, 1.54) is 12.4 Å². The number of aromatic amines is 1. The van der Waals surface area contributed by atoms with Crippen molar-refractivity contribution in [3.05, 3.63) is 28.4 Å². The Morgan fingerprint density at radius 2 is 2.60 bits per heavy atom. The van der Waals surface area contributed by atoms with Crippen LogP contribution in [0.3, 0.4) is 0 Å². The molecule has 0 amide bonds. The molecule has 0 aromatic carbocycles. The summed E-state index contributed by atoms with van der Waals surface area (Å²) >= 11 is 0. The molecule has 0 aliphatic carbocycles. The molecule has 0 unspecified atom stereocenters. The monoisotopic (exact) mass is 139 g/mol. The molecule has 0 bridgehead atoms. The summed E-state index contributed by atoms with van der Waals surface area (Å²) in [4.78, 5) is 16.5. The molecule has 10 heavy (non-hydrogen) atoms. The Morgan fingerprint density at radius 1 is 1.80 bits per heavy atom. The van der Waals surface area contributed by atoms with Crippen molar-refractivity contribution in [2.75, 3.05) is 0 Å². The first-order chi connectivity index (χ1) is 4.83. The van der Waals surface area contributed by atoms with Gasteiger partial charge < -0.3 is 10.2 Å². The van der Waals surface area contributed by atoms with E-state index in [0.717, 1.165) is 6.21 Å². The molecule has 0 saturated carbocycles. The van der Waals surface area contributed by atoms with Crippen molar-refractivity contribution < 1.29 is 5.21 Å². The number of nitrogens with zero attached hydrogens (tertiary/aromatic N) is 2. The molecule has 1 rings (SSSR count). The van der Waals surface area contributed by atoms with Gasteiger partial charge >= 0.3 is 0 Å². The molecule has 0 aliphatic heterocycles. The molecule has 0 radical (unpaired) electrons. The number of hydrogen-bond acceptors (Lipinski definition) is 4. The predicted molar refractivity (Wildman–Crippen MR) is 34.2 cm³/mol. The van der Waals surface area contributed by atoms with Crippen LogP contribution in [0, 0.1) is 0 Å².